The Morgan fingerprint density at radius 1 is 1.03 bits per heavy atom. The van der Waals surface area contributed by atoms with Crippen LogP contribution in [-0.4, -0.2) is 11.2 Å². The number of hydrogen-bond acceptors (Lipinski definition) is 1. The predicted octanol–water partition coefficient (Wildman–Crippen LogP) is 8.48. The Balaban J connectivity index is 1.57. The third kappa shape index (κ3) is 3.34. The van der Waals surface area contributed by atoms with E-state index >= 15 is 0 Å². The molecule has 31 heavy (non-hydrogen) atoms. The van der Waals surface area contributed by atoms with Crippen LogP contribution in [0.3, 0.4) is 0 Å². The molecule has 0 spiro atoms. The van der Waals surface area contributed by atoms with Crippen molar-refractivity contribution in [2.24, 2.45) is 39.4 Å². The molecule has 0 aliphatic heterocycles. The van der Waals surface area contributed by atoms with E-state index in [0.717, 1.165) is 32.1 Å². The van der Waals surface area contributed by atoms with E-state index in [2.05, 4.69) is 41.5 Å². The number of aliphatic hydroxyl groups excluding tert-OH is 1. The maximum Gasteiger partial charge on any atom is 0.0594 e. The molecule has 0 aromatic carbocycles. The average molecular weight is 433 g/mol. The molecule has 0 aromatic rings. The zero-order valence-electron chi connectivity index (χ0n) is 26.9. The molecule has 0 saturated heterocycles. The van der Waals surface area contributed by atoms with Gasteiger partial charge in [0.05, 0.1) is 6.10 Å². The average Bonchev–Trinajstić information content (AvgIpc) is 3.04. The largest absolute Gasteiger partial charge is 0.393 e. The summed E-state index contributed by atoms with van der Waals surface area (Å²) in [5, 5.41) is 10.8. The Morgan fingerprint density at radius 3 is 2.48 bits per heavy atom. The smallest absolute Gasteiger partial charge is 0.0594 e. The monoisotopic (exact) mass is 432 g/mol. The van der Waals surface area contributed by atoms with Gasteiger partial charge in [-0.05, 0) is 117 Å². The second-order valence-electron chi connectivity index (χ2n) is 12.9. The lowest BCUT2D eigenvalue weighted by atomic mass is 9.43. The highest BCUT2D eigenvalue weighted by Gasteiger charge is 2.63. The van der Waals surface area contributed by atoms with Gasteiger partial charge in [0.25, 0.3) is 0 Å². The van der Waals surface area contributed by atoms with Crippen molar-refractivity contribution in [3.63, 3.8) is 0 Å². The van der Waals surface area contributed by atoms with E-state index in [1.165, 1.54) is 31.8 Å². The summed E-state index contributed by atoms with van der Waals surface area (Å²) in [6.07, 6.45) is 11.6. The van der Waals surface area contributed by atoms with Gasteiger partial charge < -0.3 is 5.11 Å². The van der Waals surface area contributed by atoms with Crippen molar-refractivity contribution in [3.05, 3.63) is 22.8 Å². The molecule has 176 valence electrons. The number of fused-ring (bicyclic) bond motifs is 4. The fourth-order valence-corrected chi connectivity index (χ4v) is 9.32. The Labute approximate surface area is 201 Å². The molecule has 0 heterocycles. The highest BCUT2D eigenvalue weighted by atomic mass is 16.3. The van der Waals surface area contributed by atoms with Gasteiger partial charge in [-0.3, -0.25) is 0 Å². The lowest BCUT2D eigenvalue weighted by Gasteiger charge is -2.62. The third-order valence-electron chi connectivity index (χ3n) is 11.5. The molecule has 2 fully saturated rings. The topological polar surface area (TPSA) is 20.2 Å². The van der Waals surface area contributed by atoms with Gasteiger partial charge in [-0.1, -0.05) is 64.3 Å². The van der Waals surface area contributed by atoms with Crippen molar-refractivity contribution in [2.75, 3.05) is 0 Å². The highest BCUT2D eigenvalue weighted by molar-refractivity contribution is 5.38. The molecule has 2 saturated carbocycles. The Morgan fingerprint density at radius 2 is 1.77 bits per heavy atom. The number of rotatable bonds is 4. The lowest BCUT2D eigenvalue weighted by Crippen LogP contribution is -2.55. The Hall–Kier alpha value is -0.560. The van der Waals surface area contributed by atoms with Crippen LogP contribution in [0.25, 0.3) is 0 Å². The first-order chi connectivity index (χ1) is 16.8. The maximum atomic E-state index is 10.8. The van der Waals surface area contributed by atoms with E-state index in [0.29, 0.717) is 24.2 Å². The van der Waals surface area contributed by atoms with E-state index < -0.39 is 13.7 Å². The molecule has 1 heteroatoms. The van der Waals surface area contributed by atoms with Crippen LogP contribution < -0.4 is 0 Å². The molecule has 0 bridgehead atoms. The first kappa shape index (κ1) is 17.0. The minimum Gasteiger partial charge on any atom is -0.393 e. The van der Waals surface area contributed by atoms with Crippen LogP contribution in [-0.2, 0) is 0 Å². The van der Waals surface area contributed by atoms with Crippen molar-refractivity contribution in [1.82, 2.24) is 0 Å². The first-order valence-corrected chi connectivity index (χ1v) is 12.9. The fourth-order valence-electron chi connectivity index (χ4n) is 9.32. The second kappa shape index (κ2) is 7.75. The van der Waals surface area contributed by atoms with Gasteiger partial charge in [-0.2, -0.15) is 0 Å². The quantitative estimate of drug-likeness (QED) is 0.441. The van der Waals surface area contributed by atoms with Crippen molar-refractivity contribution in [3.8, 4) is 0 Å². The summed E-state index contributed by atoms with van der Waals surface area (Å²) in [7, 11) is 0. The zero-order chi connectivity index (χ0) is 27.8. The summed E-state index contributed by atoms with van der Waals surface area (Å²) in [5.41, 5.74) is 3.61. The van der Waals surface area contributed by atoms with Crippen LogP contribution in [0.15, 0.2) is 22.8 Å². The molecule has 7 atom stereocenters. The minimum atomic E-state index is -2.57. The maximum absolute atomic E-state index is 10.8. The summed E-state index contributed by atoms with van der Waals surface area (Å²) in [5.74, 6) is 1.50. The van der Waals surface area contributed by atoms with Crippen LogP contribution in [0.5, 0.6) is 0 Å². The van der Waals surface area contributed by atoms with Crippen molar-refractivity contribution < 1.29 is 13.3 Å². The first-order valence-electron chi connectivity index (χ1n) is 15.9. The van der Waals surface area contributed by atoms with E-state index in [9.17, 15) is 5.11 Å². The molecule has 1 nitrogen and oxygen atoms in total. The second-order valence-corrected chi connectivity index (χ2v) is 12.9. The van der Waals surface area contributed by atoms with Gasteiger partial charge in [-0.25, -0.2) is 0 Å². The summed E-state index contributed by atoms with van der Waals surface area (Å²) in [6, 6.07) is 0. The zero-order valence-corrected chi connectivity index (χ0v) is 20.9. The standard InChI is InChI=1S/C30H50O/c1-20(2)10-9-11-21(3)22-14-18-30(8)24-12-13-25-27(4,5)26(31)16-17-28(25,6)23(24)15-19-29(22,30)7/h10,21-22,25-26,31H,9,11-19H2,1-8H3/t21-,22-,25?,26+,28-,29-,30+/m1/s1/i1D3,2D3. The molecule has 4 aliphatic carbocycles. The van der Waals surface area contributed by atoms with E-state index in [1.807, 2.05) is 0 Å². The molecule has 4 aliphatic rings. The number of hydrogen-bond donors (Lipinski definition) is 1. The minimum absolute atomic E-state index is 0.0459. The van der Waals surface area contributed by atoms with E-state index in [4.69, 9.17) is 8.22 Å². The normalized spacial score (nSPS) is 48.5. The van der Waals surface area contributed by atoms with E-state index in [-0.39, 0.29) is 33.3 Å². The van der Waals surface area contributed by atoms with Gasteiger partial charge >= 0.3 is 0 Å². The van der Waals surface area contributed by atoms with Gasteiger partial charge in [0.2, 0.25) is 0 Å². The van der Waals surface area contributed by atoms with Crippen LogP contribution in [0, 0.1) is 39.4 Å². The van der Waals surface area contributed by atoms with Crippen molar-refractivity contribution in [1.29, 1.82) is 0 Å². The summed E-state index contributed by atoms with van der Waals surface area (Å²) < 4.78 is 46.0. The lowest BCUT2D eigenvalue weighted by molar-refractivity contribution is -0.0962. The van der Waals surface area contributed by atoms with Crippen LogP contribution >= 0.6 is 0 Å². The van der Waals surface area contributed by atoms with Gasteiger partial charge in [-0.15, -0.1) is 0 Å². The van der Waals surface area contributed by atoms with Crippen LogP contribution in [0.2, 0.25) is 0 Å². The third-order valence-corrected chi connectivity index (χ3v) is 11.5. The molecule has 1 unspecified atom stereocenters. The van der Waals surface area contributed by atoms with Gasteiger partial charge in [0.1, 0.15) is 0 Å². The molecule has 4 rings (SSSR count). The van der Waals surface area contributed by atoms with Crippen molar-refractivity contribution in [2.45, 2.75) is 126 Å². The molecular formula is C30H50O. The molecule has 0 aromatic heterocycles. The summed E-state index contributed by atoms with van der Waals surface area (Å²) in [6.45, 7) is 9.27. The molecule has 1 N–H and O–H groups in total. The summed E-state index contributed by atoms with van der Waals surface area (Å²) in [4.78, 5) is 0. The molecule has 0 radical (unpaired) electrons. The van der Waals surface area contributed by atoms with E-state index in [1.54, 1.807) is 11.1 Å². The van der Waals surface area contributed by atoms with Crippen molar-refractivity contribution >= 4 is 0 Å². The fraction of sp³-hybridized carbons (Fsp3) is 0.867. The SMILES string of the molecule is [2H]C([2H])([2H])C(=CCC[C@@H](C)[C@H]1CC[C@@]2(C)C3=C(CC[C@]12C)[C@@]1(C)CC[C@H](O)C(C)(C)C1CC3)C([2H])([2H])[2H]. The number of aliphatic hydroxyl groups is 1. The molecular weight excluding hydrogens is 376 g/mol. The molecule has 0 amide bonds. The number of allylic oxidation sites excluding steroid dienone is 4. The Kier molecular flexibility index (Phi) is 4.24. The summed E-state index contributed by atoms with van der Waals surface area (Å²) >= 11 is 0. The highest BCUT2D eigenvalue weighted by Crippen LogP contribution is 2.72. The van der Waals surface area contributed by atoms with Crippen LogP contribution in [0.4, 0.5) is 0 Å². The Bertz CT molecular complexity index is 942. The van der Waals surface area contributed by atoms with Gasteiger partial charge in [0, 0.05) is 8.22 Å². The van der Waals surface area contributed by atoms with Crippen LogP contribution in [0.1, 0.15) is 128 Å². The predicted molar refractivity (Wildman–Crippen MR) is 133 cm³/mol. The van der Waals surface area contributed by atoms with Gasteiger partial charge in [0.15, 0.2) is 0 Å².